The van der Waals surface area contributed by atoms with Gasteiger partial charge in [-0.25, -0.2) is 4.98 Å². The van der Waals surface area contributed by atoms with Crippen molar-refractivity contribution >= 4 is 0 Å². The maximum absolute atomic E-state index is 10.9. The third kappa shape index (κ3) is 0.877. The Kier molecular flexibility index (Phi) is 1.45. The van der Waals surface area contributed by atoms with Gasteiger partial charge < -0.3 is 5.21 Å². The van der Waals surface area contributed by atoms with Crippen molar-refractivity contribution in [1.29, 1.82) is 0 Å². The Morgan fingerprint density at radius 1 is 1.60 bits per heavy atom. The third-order valence-electron chi connectivity index (χ3n) is 1.28. The van der Waals surface area contributed by atoms with Gasteiger partial charge in [0.1, 0.15) is 5.82 Å². The monoisotopic (exact) mass is 140 g/mol. The second-order valence-electron chi connectivity index (χ2n) is 2.11. The van der Waals surface area contributed by atoms with Crippen LogP contribution in [0.4, 0.5) is 0 Å². The van der Waals surface area contributed by atoms with E-state index in [1.54, 1.807) is 13.8 Å². The molecule has 1 aromatic rings. The van der Waals surface area contributed by atoms with Gasteiger partial charge in [0.2, 0.25) is 0 Å². The zero-order valence-electron chi connectivity index (χ0n) is 5.83. The van der Waals surface area contributed by atoms with Gasteiger partial charge in [-0.2, -0.15) is 0 Å². The van der Waals surface area contributed by atoms with Crippen LogP contribution in [0.1, 0.15) is 11.4 Å². The molecule has 4 heteroatoms. The lowest BCUT2D eigenvalue weighted by atomic mass is 10.4. The fourth-order valence-electron chi connectivity index (χ4n) is 0.614. The lowest BCUT2D eigenvalue weighted by Crippen LogP contribution is -2.22. The minimum Gasteiger partial charge on any atom is -0.424 e. The zero-order chi connectivity index (χ0) is 7.72. The fourth-order valence-corrected chi connectivity index (χ4v) is 0.614. The normalized spacial score (nSPS) is 9.80. The summed E-state index contributed by atoms with van der Waals surface area (Å²) in [6.45, 7) is 3.16. The van der Waals surface area contributed by atoms with E-state index < -0.39 is 5.56 Å². The van der Waals surface area contributed by atoms with E-state index in [1.165, 1.54) is 6.20 Å². The highest BCUT2D eigenvalue weighted by Gasteiger charge is 1.99. The summed E-state index contributed by atoms with van der Waals surface area (Å²) in [6, 6.07) is 0. The minimum absolute atomic E-state index is 0.301. The number of aromatic nitrogens is 2. The Labute approximate surface area is 57.7 Å². The molecule has 0 radical (unpaired) electrons. The summed E-state index contributed by atoms with van der Waals surface area (Å²) in [5.41, 5.74) is 0.0283. The smallest absolute Gasteiger partial charge is 0.288 e. The maximum atomic E-state index is 10.9. The van der Waals surface area contributed by atoms with Crippen molar-refractivity contribution in [2.45, 2.75) is 13.8 Å². The van der Waals surface area contributed by atoms with Crippen LogP contribution in [-0.2, 0) is 0 Å². The van der Waals surface area contributed by atoms with E-state index in [-0.39, 0.29) is 0 Å². The van der Waals surface area contributed by atoms with Crippen molar-refractivity contribution in [3.8, 4) is 0 Å². The van der Waals surface area contributed by atoms with Crippen LogP contribution in [0, 0.1) is 13.8 Å². The molecule has 0 aliphatic rings. The molecule has 0 aliphatic carbocycles. The summed E-state index contributed by atoms with van der Waals surface area (Å²) in [5, 5.41) is 8.93. The van der Waals surface area contributed by atoms with Gasteiger partial charge in [0, 0.05) is 11.8 Å². The molecule has 0 bridgehead atoms. The third-order valence-corrected chi connectivity index (χ3v) is 1.28. The molecule has 0 fully saturated rings. The van der Waals surface area contributed by atoms with E-state index in [1.807, 2.05) is 0 Å². The Bertz CT molecular complexity index is 303. The van der Waals surface area contributed by atoms with E-state index in [0.29, 0.717) is 16.1 Å². The van der Waals surface area contributed by atoms with Gasteiger partial charge in [0.05, 0.1) is 0 Å². The van der Waals surface area contributed by atoms with Crippen molar-refractivity contribution in [2.24, 2.45) is 0 Å². The highest BCUT2D eigenvalue weighted by molar-refractivity contribution is 5.02. The quantitative estimate of drug-likeness (QED) is 0.520. The van der Waals surface area contributed by atoms with Gasteiger partial charge in [0.25, 0.3) is 5.56 Å². The molecule has 1 aromatic heterocycles. The second-order valence-corrected chi connectivity index (χ2v) is 2.11. The molecule has 0 unspecified atom stereocenters. The van der Waals surface area contributed by atoms with Crippen LogP contribution < -0.4 is 5.56 Å². The predicted molar refractivity (Wildman–Crippen MR) is 35.2 cm³/mol. The second kappa shape index (κ2) is 2.13. The first-order valence-electron chi connectivity index (χ1n) is 2.87. The Balaban J connectivity index is 3.50. The van der Waals surface area contributed by atoms with Gasteiger partial charge in [-0.15, -0.1) is 4.73 Å². The average Bonchev–Trinajstić information content (AvgIpc) is 1.93. The fraction of sp³-hybridized carbons (Fsp3) is 0.333. The zero-order valence-corrected chi connectivity index (χ0v) is 5.83. The molecule has 0 aliphatic heterocycles. The van der Waals surface area contributed by atoms with E-state index >= 15 is 0 Å². The first-order chi connectivity index (χ1) is 4.63. The number of nitrogens with zero attached hydrogens (tertiary/aromatic N) is 2. The lowest BCUT2D eigenvalue weighted by Gasteiger charge is -1.98. The molecule has 0 spiro atoms. The van der Waals surface area contributed by atoms with Gasteiger partial charge in [-0.1, -0.05) is 0 Å². The van der Waals surface area contributed by atoms with Crippen molar-refractivity contribution in [3.63, 3.8) is 0 Å². The van der Waals surface area contributed by atoms with Crippen molar-refractivity contribution < 1.29 is 5.21 Å². The summed E-state index contributed by atoms with van der Waals surface area (Å²) in [4.78, 5) is 14.6. The average molecular weight is 140 g/mol. The van der Waals surface area contributed by atoms with Crippen LogP contribution in [-0.4, -0.2) is 14.9 Å². The summed E-state index contributed by atoms with van der Waals surface area (Å²) in [6.07, 6.45) is 1.43. The molecule has 4 nitrogen and oxygen atoms in total. The van der Waals surface area contributed by atoms with Crippen LogP contribution in [0.15, 0.2) is 11.0 Å². The summed E-state index contributed by atoms with van der Waals surface area (Å²) >= 11 is 0. The molecule has 0 atom stereocenters. The molecule has 0 saturated carbocycles. The van der Waals surface area contributed by atoms with Crippen LogP contribution in [0.25, 0.3) is 0 Å². The van der Waals surface area contributed by atoms with Crippen molar-refractivity contribution in [1.82, 2.24) is 9.71 Å². The topological polar surface area (TPSA) is 55.1 Å². The molecule has 54 valence electrons. The molecule has 1 rings (SSSR count). The number of aryl methyl sites for hydroxylation is 2. The summed E-state index contributed by atoms with van der Waals surface area (Å²) in [7, 11) is 0. The molecule has 0 aromatic carbocycles. The van der Waals surface area contributed by atoms with E-state index in [2.05, 4.69) is 4.98 Å². The molecule has 1 heterocycles. The Morgan fingerprint density at radius 2 is 2.20 bits per heavy atom. The standard InChI is InChI=1S/C6H8N2O2/c1-4-3-7-5(2)8(10)6(4)9/h3,10H,1-2H3. The first kappa shape index (κ1) is 6.80. The molecule has 0 amide bonds. The number of rotatable bonds is 0. The van der Waals surface area contributed by atoms with Gasteiger partial charge in [-0.3, -0.25) is 4.79 Å². The first-order valence-corrected chi connectivity index (χ1v) is 2.87. The minimum atomic E-state index is -0.410. The largest absolute Gasteiger partial charge is 0.424 e. The van der Waals surface area contributed by atoms with E-state index in [0.717, 1.165) is 0 Å². The predicted octanol–water partition coefficient (Wildman–Crippen LogP) is 0.0974. The highest BCUT2D eigenvalue weighted by Crippen LogP contribution is 1.87. The van der Waals surface area contributed by atoms with E-state index in [4.69, 9.17) is 5.21 Å². The summed E-state index contributed by atoms with van der Waals surface area (Å²) in [5.74, 6) is 0.301. The summed E-state index contributed by atoms with van der Waals surface area (Å²) < 4.78 is 0.537. The number of hydrogen-bond donors (Lipinski definition) is 1. The SMILES string of the molecule is Cc1cnc(C)n(O)c1=O. The van der Waals surface area contributed by atoms with Crippen LogP contribution >= 0.6 is 0 Å². The lowest BCUT2D eigenvalue weighted by molar-refractivity contribution is 0.163. The molecular weight excluding hydrogens is 132 g/mol. The van der Waals surface area contributed by atoms with Gasteiger partial charge in [-0.05, 0) is 13.8 Å². The maximum Gasteiger partial charge on any atom is 0.288 e. The molecule has 0 saturated heterocycles. The van der Waals surface area contributed by atoms with Crippen LogP contribution in [0.3, 0.4) is 0 Å². The molecule has 1 N–H and O–H groups in total. The van der Waals surface area contributed by atoms with Crippen LogP contribution in [0.5, 0.6) is 0 Å². The number of hydrogen-bond acceptors (Lipinski definition) is 3. The van der Waals surface area contributed by atoms with Gasteiger partial charge in [0.15, 0.2) is 0 Å². The van der Waals surface area contributed by atoms with Crippen LogP contribution in [0.2, 0.25) is 0 Å². The molecular formula is C6H8N2O2. The van der Waals surface area contributed by atoms with Crippen molar-refractivity contribution in [2.75, 3.05) is 0 Å². The van der Waals surface area contributed by atoms with Crippen molar-refractivity contribution in [3.05, 3.63) is 27.9 Å². The van der Waals surface area contributed by atoms with E-state index in [9.17, 15) is 4.79 Å². The Morgan fingerprint density at radius 3 is 2.70 bits per heavy atom. The Hall–Kier alpha value is -1.32. The molecule has 10 heavy (non-hydrogen) atoms. The van der Waals surface area contributed by atoms with Gasteiger partial charge >= 0.3 is 0 Å². The highest BCUT2D eigenvalue weighted by atomic mass is 16.5.